The molecule has 0 N–H and O–H groups in total. The minimum atomic E-state index is 0.0438. The fourth-order valence-corrected chi connectivity index (χ4v) is 6.89. The Morgan fingerprint density at radius 2 is 0.649 bits per heavy atom. The van der Waals surface area contributed by atoms with Crippen molar-refractivity contribution in [1.82, 2.24) is 0 Å². The Balaban J connectivity index is 5.21. The first kappa shape index (κ1) is 37.0. The fraction of sp³-hybridized carbons (Fsp3) is 1.00. The van der Waals surface area contributed by atoms with Crippen molar-refractivity contribution in [1.29, 1.82) is 0 Å². The lowest BCUT2D eigenvalue weighted by Gasteiger charge is -2.50. The Hall–Kier alpha value is -0.0400. The van der Waals surface area contributed by atoms with Gasteiger partial charge >= 0.3 is 0 Å². The zero-order valence-electron chi connectivity index (χ0n) is 27.2. The second-order valence-corrected chi connectivity index (χ2v) is 12.7. The molecule has 0 bridgehead atoms. The summed E-state index contributed by atoms with van der Waals surface area (Å²) in [5, 5.41) is 0. The predicted octanol–water partition coefficient (Wildman–Crippen LogP) is 13.4. The summed E-state index contributed by atoms with van der Waals surface area (Å²) in [5.41, 5.74) is 0.413. The van der Waals surface area contributed by atoms with Crippen LogP contribution in [0.1, 0.15) is 215 Å². The van der Waals surface area contributed by atoms with Crippen LogP contribution in [0.25, 0.3) is 0 Å². The third-order valence-corrected chi connectivity index (χ3v) is 9.34. The van der Waals surface area contributed by atoms with E-state index in [2.05, 4.69) is 41.5 Å². The van der Waals surface area contributed by atoms with Gasteiger partial charge in [-0.2, -0.15) is 0 Å². The number of rotatable bonds is 30. The molecule has 0 aliphatic carbocycles. The minimum Gasteiger partial charge on any atom is -0.375 e. The van der Waals surface area contributed by atoms with E-state index in [0.29, 0.717) is 5.41 Å². The van der Waals surface area contributed by atoms with Crippen LogP contribution in [-0.2, 0) is 4.74 Å². The zero-order valence-corrected chi connectivity index (χ0v) is 27.2. The molecule has 0 rings (SSSR count). The summed E-state index contributed by atoms with van der Waals surface area (Å²) in [4.78, 5) is 0. The molecule has 0 heterocycles. The Labute approximate surface area is 237 Å². The van der Waals surface area contributed by atoms with Crippen LogP contribution in [0.3, 0.4) is 0 Å². The number of unbranched alkanes of at least 4 members (excludes halogenated alkanes) is 19. The summed E-state index contributed by atoms with van der Waals surface area (Å²) in [7, 11) is 0. The first-order valence-electron chi connectivity index (χ1n) is 17.7. The topological polar surface area (TPSA) is 9.23 Å². The molecule has 0 fully saturated rings. The molecule has 0 amide bonds. The quantitative estimate of drug-likeness (QED) is 0.0852. The van der Waals surface area contributed by atoms with Crippen molar-refractivity contribution in [2.24, 2.45) is 5.41 Å². The van der Waals surface area contributed by atoms with E-state index in [4.69, 9.17) is 4.74 Å². The van der Waals surface area contributed by atoms with Crippen molar-refractivity contribution < 1.29 is 4.74 Å². The van der Waals surface area contributed by atoms with Crippen LogP contribution in [0.5, 0.6) is 0 Å². The third-order valence-electron chi connectivity index (χ3n) is 9.34. The smallest absolute Gasteiger partial charge is 0.0710 e. The highest BCUT2D eigenvalue weighted by atomic mass is 16.5. The molecule has 0 saturated carbocycles. The van der Waals surface area contributed by atoms with Gasteiger partial charge in [0.05, 0.1) is 5.60 Å². The normalized spacial score (nSPS) is 13.8. The Bertz CT molecular complexity index is 416. The molecule has 1 unspecified atom stereocenters. The van der Waals surface area contributed by atoms with Gasteiger partial charge < -0.3 is 4.74 Å². The van der Waals surface area contributed by atoms with Gasteiger partial charge in [0.1, 0.15) is 0 Å². The van der Waals surface area contributed by atoms with Crippen molar-refractivity contribution in [3.63, 3.8) is 0 Å². The van der Waals surface area contributed by atoms with Crippen molar-refractivity contribution in [3.8, 4) is 0 Å². The van der Waals surface area contributed by atoms with Crippen molar-refractivity contribution in [3.05, 3.63) is 0 Å². The van der Waals surface area contributed by atoms with Gasteiger partial charge in [-0.05, 0) is 44.9 Å². The average Bonchev–Trinajstić information content (AvgIpc) is 2.89. The summed E-state index contributed by atoms with van der Waals surface area (Å²) < 4.78 is 6.78. The Morgan fingerprint density at radius 1 is 0.351 bits per heavy atom. The molecule has 0 aromatic rings. The predicted molar refractivity (Wildman–Crippen MR) is 170 cm³/mol. The molecule has 1 nitrogen and oxygen atoms in total. The van der Waals surface area contributed by atoms with Crippen molar-refractivity contribution in [2.45, 2.75) is 221 Å². The van der Waals surface area contributed by atoms with Gasteiger partial charge in [-0.1, -0.05) is 175 Å². The fourth-order valence-electron chi connectivity index (χ4n) is 6.89. The first-order valence-corrected chi connectivity index (χ1v) is 17.7. The maximum absolute atomic E-state index is 6.78. The SMILES string of the molecule is CCCCCCCCCCC(CCCCCCCC)(CCCCCCCCCC)C(C)(CCC)OCC. The van der Waals surface area contributed by atoms with E-state index in [-0.39, 0.29) is 5.60 Å². The highest BCUT2D eigenvalue weighted by Crippen LogP contribution is 2.50. The lowest BCUT2D eigenvalue weighted by atomic mass is 9.62. The molecule has 0 radical (unpaired) electrons. The lowest BCUT2D eigenvalue weighted by molar-refractivity contribution is -0.139. The van der Waals surface area contributed by atoms with E-state index in [1.165, 1.54) is 173 Å². The van der Waals surface area contributed by atoms with E-state index in [0.717, 1.165) is 6.61 Å². The lowest BCUT2D eigenvalue weighted by Crippen LogP contribution is -2.48. The third kappa shape index (κ3) is 18.0. The molecule has 0 aliphatic rings. The van der Waals surface area contributed by atoms with E-state index in [1.807, 2.05) is 0 Å². The van der Waals surface area contributed by atoms with Crippen LogP contribution in [0.15, 0.2) is 0 Å². The van der Waals surface area contributed by atoms with Crippen LogP contribution < -0.4 is 0 Å². The van der Waals surface area contributed by atoms with Gasteiger partial charge in [0.25, 0.3) is 0 Å². The molecule has 0 aliphatic heterocycles. The summed E-state index contributed by atoms with van der Waals surface area (Å²) in [6.07, 6.45) is 37.8. The molecule has 0 aromatic heterocycles. The Morgan fingerprint density at radius 3 is 0.919 bits per heavy atom. The molecule has 0 spiro atoms. The highest BCUT2D eigenvalue weighted by molar-refractivity contribution is 4.97. The molecular weight excluding hydrogens is 448 g/mol. The zero-order chi connectivity index (χ0) is 27.5. The maximum atomic E-state index is 6.78. The van der Waals surface area contributed by atoms with Gasteiger partial charge in [0, 0.05) is 6.61 Å². The molecule has 0 aromatic carbocycles. The standard InChI is InChI=1S/C36H74O/c1-7-12-15-18-21-23-26-29-33-36(32-28-25-20-17-14-9-3,35(6,31-10-4)37-11-5)34-30-27-24-22-19-16-13-8-2/h7-34H2,1-6H3. The van der Waals surface area contributed by atoms with Gasteiger partial charge in [-0.25, -0.2) is 0 Å². The molecule has 0 saturated heterocycles. The summed E-state index contributed by atoms with van der Waals surface area (Å²) in [5.74, 6) is 0. The number of hydrogen-bond donors (Lipinski definition) is 0. The van der Waals surface area contributed by atoms with Crippen LogP contribution >= 0.6 is 0 Å². The van der Waals surface area contributed by atoms with Gasteiger partial charge in [0.15, 0.2) is 0 Å². The summed E-state index contributed by atoms with van der Waals surface area (Å²) in [6, 6.07) is 0. The van der Waals surface area contributed by atoms with Gasteiger partial charge in [-0.15, -0.1) is 0 Å². The Kier molecular flexibility index (Phi) is 26.2. The van der Waals surface area contributed by atoms with Gasteiger partial charge in [0.2, 0.25) is 0 Å². The maximum Gasteiger partial charge on any atom is 0.0710 e. The number of hydrogen-bond acceptors (Lipinski definition) is 1. The van der Waals surface area contributed by atoms with Crippen molar-refractivity contribution in [2.75, 3.05) is 6.61 Å². The van der Waals surface area contributed by atoms with E-state index >= 15 is 0 Å². The monoisotopic (exact) mass is 523 g/mol. The molecular formula is C36H74O. The molecule has 1 atom stereocenters. The van der Waals surface area contributed by atoms with Crippen molar-refractivity contribution >= 4 is 0 Å². The summed E-state index contributed by atoms with van der Waals surface area (Å²) in [6.45, 7) is 15.0. The molecule has 224 valence electrons. The van der Waals surface area contributed by atoms with E-state index in [1.54, 1.807) is 0 Å². The minimum absolute atomic E-state index is 0.0438. The van der Waals surface area contributed by atoms with E-state index in [9.17, 15) is 0 Å². The molecule has 37 heavy (non-hydrogen) atoms. The van der Waals surface area contributed by atoms with Crippen LogP contribution in [0.2, 0.25) is 0 Å². The summed E-state index contributed by atoms with van der Waals surface area (Å²) >= 11 is 0. The number of ether oxygens (including phenoxy) is 1. The highest BCUT2D eigenvalue weighted by Gasteiger charge is 2.46. The van der Waals surface area contributed by atoms with Crippen LogP contribution in [0.4, 0.5) is 0 Å². The van der Waals surface area contributed by atoms with Gasteiger partial charge in [-0.3, -0.25) is 0 Å². The molecule has 1 heteroatoms. The average molecular weight is 523 g/mol. The van der Waals surface area contributed by atoms with Crippen LogP contribution in [0, 0.1) is 5.41 Å². The first-order chi connectivity index (χ1) is 18.1. The second kappa shape index (κ2) is 26.2. The van der Waals surface area contributed by atoms with Crippen LogP contribution in [-0.4, -0.2) is 12.2 Å². The van der Waals surface area contributed by atoms with E-state index < -0.39 is 0 Å². The second-order valence-electron chi connectivity index (χ2n) is 12.7. The largest absolute Gasteiger partial charge is 0.375 e.